The third-order valence-corrected chi connectivity index (χ3v) is 6.18. The molecule has 1 aromatic heterocycles. The van der Waals surface area contributed by atoms with Crippen LogP contribution < -0.4 is 9.64 Å². The van der Waals surface area contributed by atoms with Gasteiger partial charge in [0.15, 0.2) is 5.82 Å². The number of nitrogens with zero attached hydrogens (tertiary/aromatic N) is 3. The summed E-state index contributed by atoms with van der Waals surface area (Å²) in [5.41, 5.74) is 2.92. The van der Waals surface area contributed by atoms with Gasteiger partial charge in [-0.05, 0) is 74.4 Å². The predicted octanol–water partition coefficient (Wildman–Crippen LogP) is 6.51. The van der Waals surface area contributed by atoms with Gasteiger partial charge in [0.2, 0.25) is 11.8 Å². The molecule has 0 bridgehead atoms. The molecule has 1 amide bonds. The van der Waals surface area contributed by atoms with Crippen LogP contribution in [0.25, 0.3) is 11.1 Å². The molecule has 0 radical (unpaired) electrons. The van der Waals surface area contributed by atoms with Gasteiger partial charge in [-0.1, -0.05) is 35.8 Å². The van der Waals surface area contributed by atoms with Gasteiger partial charge in [0.1, 0.15) is 5.75 Å². The molecule has 7 heteroatoms. The fourth-order valence-corrected chi connectivity index (χ4v) is 4.11. The molecular weight excluding hydrogens is 445 g/mol. The zero-order chi connectivity index (χ0) is 24.5. The summed E-state index contributed by atoms with van der Waals surface area (Å²) >= 11 is 0. The number of benzene rings is 2. The first-order valence-electron chi connectivity index (χ1n) is 12.7. The van der Waals surface area contributed by atoms with Crippen LogP contribution in [0.2, 0.25) is 0 Å². The minimum absolute atomic E-state index is 0.0440. The minimum atomic E-state index is -0.487. The third-order valence-electron chi connectivity index (χ3n) is 6.18. The maximum atomic E-state index is 12.9. The monoisotopic (exact) mass is 479 g/mol. The summed E-state index contributed by atoms with van der Waals surface area (Å²) in [5.74, 6) is 2.83. The number of amides is 1. The second-order valence-corrected chi connectivity index (χ2v) is 8.98. The Kier molecular flexibility index (Phi) is 8.87. The first kappa shape index (κ1) is 24.9. The Labute approximate surface area is 206 Å². The molecule has 6 nitrogen and oxygen atoms in total. The van der Waals surface area contributed by atoms with E-state index in [1.165, 1.54) is 0 Å². The second-order valence-electron chi connectivity index (χ2n) is 8.98. The highest BCUT2D eigenvalue weighted by atomic mass is 19.1. The van der Waals surface area contributed by atoms with E-state index < -0.39 is 6.67 Å². The van der Waals surface area contributed by atoms with E-state index >= 15 is 0 Å². The third kappa shape index (κ3) is 7.13. The molecule has 0 spiro atoms. The van der Waals surface area contributed by atoms with Gasteiger partial charge in [-0.15, -0.1) is 0 Å². The van der Waals surface area contributed by atoms with E-state index in [4.69, 9.17) is 9.26 Å². The van der Waals surface area contributed by atoms with Gasteiger partial charge in [0, 0.05) is 31.0 Å². The smallest absolute Gasteiger partial charge is 0.227 e. The fraction of sp³-hybridized carbons (Fsp3) is 0.464. The van der Waals surface area contributed by atoms with Crippen molar-refractivity contribution in [2.45, 2.75) is 64.2 Å². The second kappa shape index (κ2) is 12.5. The number of hydrogen-bond acceptors (Lipinski definition) is 5. The summed E-state index contributed by atoms with van der Waals surface area (Å²) in [6.07, 6.45) is 6.22. The Balaban J connectivity index is 1.37. The van der Waals surface area contributed by atoms with Crippen molar-refractivity contribution in [2.75, 3.05) is 24.7 Å². The molecule has 0 aliphatic heterocycles. The first-order valence-corrected chi connectivity index (χ1v) is 12.7. The molecule has 1 saturated carbocycles. The van der Waals surface area contributed by atoms with Crippen molar-refractivity contribution in [3.8, 4) is 16.9 Å². The lowest BCUT2D eigenvalue weighted by atomic mass is 10.0. The lowest BCUT2D eigenvalue weighted by Crippen LogP contribution is -2.31. The Hall–Kier alpha value is -3.22. The van der Waals surface area contributed by atoms with Crippen molar-refractivity contribution in [3.63, 3.8) is 0 Å². The number of carbonyl (C=O) groups is 1. The Morgan fingerprint density at radius 3 is 2.66 bits per heavy atom. The molecule has 1 fully saturated rings. The number of aryl methyl sites for hydroxylation is 1. The van der Waals surface area contributed by atoms with Crippen LogP contribution in [0, 0.1) is 0 Å². The molecule has 1 heterocycles. The molecule has 0 N–H and O–H groups in total. The number of anilines is 1. The lowest BCUT2D eigenvalue weighted by Gasteiger charge is -2.23. The first-order chi connectivity index (χ1) is 17.2. The quantitative estimate of drug-likeness (QED) is 0.247. The minimum Gasteiger partial charge on any atom is -0.494 e. The van der Waals surface area contributed by atoms with E-state index in [1.54, 1.807) is 4.90 Å². The number of aromatic nitrogens is 2. The van der Waals surface area contributed by atoms with Crippen molar-refractivity contribution in [1.29, 1.82) is 0 Å². The van der Waals surface area contributed by atoms with Gasteiger partial charge in [0.05, 0.1) is 13.3 Å². The Bertz CT molecular complexity index is 1080. The number of unbranched alkanes of at least 4 members (excludes halogenated alkanes) is 2. The summed E-state index contributed by atoms with van der Waals surface area (Å²) in [4.78, 5) is 19.2. The summed E-state index contributed by atoms with van der Waals surface area (Å²) < 4.78 is 23.7. The van der Waals surface area contributed by atoms with Crippen LogP contribution in [-0.4, -0.2) is 35.9 Å². The van der Waals surface area contributed by atoms with E-state index in [1.807, 2.05) is 55.5 Å². The molecule has 0 unspecified atom stereocenters. The number of rotatable bonds is 14. The van der Waals surface area contributed by atoms with Gasteiger partial charge in [-0.25, -0.2) is 0 Å². The maximum absolute atomic E-state index is 12.9. The number of alkyl halides is 1. The molecule has 186 valence electrons. The Morgan fingerprint density at radius 2 is 1.91 bits per heavy atom. The number of hydrogen-bond donors (Lipinski definition) is 0. The lowest BCUT2D eigenvalue weighted by molar-refractivity contribution is -0.118. The van der Waals surface area contributed by atoms with E-state index in [2.05, 4.69) is 10.1 Å². The van der Waals surface area contributed by atoms with Crippen LogP contribution in [0.4, 0.5) is 10.1 Å². The van der Waals surface area contributed by atoms with Crippen LogP contribution in [0.15, 0.2) is 53.1 Å². The largest absolute Gasteiger partial charge is 0.494 e. The SMILES string of the molecule is CCOc1ccc(-c2cccc(N(CCCCCc3nc(C4CC4)no3)C(=O)CCCF)c2)cc1. The summed E-state index contributed by atoms with van der Waals surface area (Å²) in [5, 5.41) is 4.07. The molecule has 2 aromatic carbocycles. The van der Waals surface area contributed by atoms with Crippen molar-refractivity contribution in [2.24, 2.45) is 0 Å². The average molecular weight is 480 g/mol. The summed E-state index contributed by atoms with van der Waals surface area (Å²) in [6, 6.07) is 15.9. The van der Waals surface area contributed by atoms with Crippen LogP contribution >= 0.6 is 0 Å². The molecule has 1 aliphatic carbocycles. The van der Waals surface area contributed by atoms with Crippen molar-refractivity contribution < 1.29 is 18.4 Å². The van der Waals surface area contributed by atoms with Crippen LogP contribution in [0.5, 0.6) is 5.75 Å². The molecule has 0 saturated heterocycles. The maximum Gasteiger partial charge on any atom is 0.227 e. The van der Waals surface area contributed by atoms with Gasteiger partial charge < -0.3 is 14.2 Å². The highest BCUT2D eigenvalue weighted by molar-refractivity contribution is 5.94. The topological polar surface area (TPSA) is 68.5 Å². The number of ether oxygens (including phenoxy) is 1. The van der Waals surface area contributed by atoms with Gasteiger partial charge in [-0.2, -0.15) is 4.98 Å². The molecule has 4 rings (SSSR count). The Morgan fingerprint density at radius 1 is 1.09 bits per heavy atom. The van der Waals surface area contributed by atoms with E-state index in [-0.39, 0.29) is 18.7 Å². The van der Waals surface area contributed by atoms with Crippen LogP contribution in [-0.2, 0) is 11.2 Å². The number of halogens is 1. The molecule has 1 aliphatic rings. The predicted molar refractivity (Wildman–Crippen MR) is 134 cm³/mol. The standard InChI is InChI=1S/C28H34FN3O3/c1-2-34-25-16-14-21(15-17-25)23-8-6-9-24(20-23)32(27(33)11-7-18-29)19-5-3-4-10-26-30-28(31-35-26)22-12-13-22/h6,8-9,14-17,20,22H,2-5,7,10-13,18-19H2,1H3. The molecule has 0 atom stereocenters. The highest BCUT2D eigenvalue weighted by Crippen LogP contribution is 2.38. The molecule has 35 heavy (non-hydrogen) atoms. The molecule has 3 aromatic rings. The van der Waals surface area contributed by atoms with Crippen molar-refractivity contribution >= 4 is 11.6 Å². The molecular formula is C28H34FN3O3. The number of carbonyl (C=O) groups excluding carboxylic acids is 1. The van der Waals surface area contributed by atoms with E-state index in [0.717, 1.165) is 66.9 Å². The van der Waals surface area contributed by atoms with Crippen molar-refractivity contribution in [1.82, 2.24) is 10.1 Å². The summed E-state index contributed by atoms with van der Waals surface area (Å²) in [7, 11) is 0. The van der Waals surface area contributed by atoms with E-state index in [9.17, 15) is 9.18 Å². The van der Waals surface area contributed by atoms with Gasteiger partial charge >= 0.3 is 0 Å². The summed E-state index contributed by atoms with van der Waals surface area (Å²) in [6.45, 7) is 2.69. The normalized spacial score (nSPS) is 13.1. The zero-order valence-electron chi connectivity index (χ0n) is 20.4. The van der Waals surface area contributed by atoms with Crippen LogP contribution in [0.3, 0.4) is 0 Å². The van der Waals surface area contributed by atoms with E-state index in [0.29, 0.717) is 25.0 Å². The fourth-order valence-electron chi connectivity index (χ4n) is 4.11. The highest BCUT2D eigenvalue weighted by Gasteiger charge is 2.28. The zero-order valence-corrected chi connectivity index (χ0v) is 20.4. The average Bonchev–Trinajstić information content (AvgIpc) is 3.63. The van der Waals surface area contributed by atoms with Crippen molar-refractivity contribution in [3.05, 3.63) is 60.2 Å². The van der Waals surface area contributed by atoms with Gasteiger partial charge in [0.25, 0.3) is 0 Å². The van der Waals surface area contributed by atoms with Crippen LogP contribution in [0.1, 0.15) is 69.5 Å². The van der Waals surface area contributed by atoms with Gasteiger partial charge in [-0.3, -0.25) is 9.18 Å².